The van der Waals surface area contributed by atoms with Crippen molar-refractivity contribution in [1.29, 1.82) is 0 Å². The first-order valence-electron chi connectivity index (χ1n) is 4.96. The number of halogens is 4. The van der Waals surface area contributed by atoms with E-state index in [1.807, 2.05) is 5.38 Å². The molecule has 0 amide bonds. The average Bonchev–Trinajstić information content (AvgIpc) is 2.61. The zero-order valence-corrected chi connectivity index (χ0v) is 10.8. The predicted molar refractivity (Wildman–Crippen MR) is 62.8 cm³/mol. The van der Waals surface area contributed by atoms with Crippen molar-refractivity contribution in [2.75, 3.05) is 20.3 Å². The van der Waals surface area contributed by atoms with Crippen LogP contribution in [-0.4, -0.2) is 32.5 Å². The van der Waals surface area contributed by atoms with Gasteiger partial charge in [0.05, 0.1) is 11.6 Å². The van der Waals surface area contributed by atoms with Crippen molar-refractivity contribution in [2.24, 2.45) is 0 Å². The SMILES string of the molecule is CNC(COCC(F)(F)F)Cc1sccc1Cl. The first kappa shape index (κ1) is 14.8. The summed E-state index contributed by atoms with van der Waals surface area (Å²) in [5, 5.41) is 5.40. The second-order valence-electron chi connectivity index (χ2n) is 3.51. The van der Waals surface area contributed by atoms with Gasteiger partial charge in [-0.15, -0.1) is 11.3 Å². The molecule has 0 aliphatic carbocycles. The summed E-state index contributed by atoms with van der Waals surface area (Å²) in [7, 11) is 1.68. The Bertz CT molecular complexity index is 343. The van der Waals surface area contributed by atoms with Gasteiger partial charge in [0.15, 0.2) is 0 Å². The first-order chi connectivity index (χ1) is 7.92. The second kappa shape index (κ2) is 6.58. The molecule has 0 saturated carbocycles. The van der Waals surface area contributed by atoms with Crippen LogP contribution in [0.5, 0.6) is 0 Å². The Morgan fingerprint density at radius 1 is 1.53 bits per heavy atom. The van der Waals surface area contributed by atoms with Crippen molar-refractivity contribution < 1.29 is 17.9 Å². The number of rotatable bonds is 6. The zero-order chi connectivity index (χ0) is 12.9. The van der Waals surface area contributed by atoms with Crippen LogP contribution in [0.2, 0.25) is 5.02 Å². The summed E-state index contributed by atoms with van der Waals surface area (Å²) in [5.41, 5.74) is 0. The number of thiophene rings is 1. The van der Waals surface area contributed by atoms with E-state index in [9.17, 15) is 13.2 Å². The molecule has 0 fully saturated rings. The highest BCUT2D eigenvalue weighted by Crippen LogP contribution is 2.23. The highest BCUT2D eigenvalue weighted by Gasteiger charge is 2.27. The smallest absolute Gasteiger partial charge is 0.370 e. The molecule has 1 N–H and O–H groups in total. The maximum absolute atomic E-state index is 11.9. The number of ether oxygens (including phenoxy) is 1. The fraction of sp³-hybridized carbons (Fsp3) is 0.600. The van der Waals surface area contributed by atoms with Gasteiger partial charge in [0, 0.05) is 17.3 Å². The van der Waals surface area contributed by atoms with E-state index in [-0.39, 0.29) is 12.6 Å². The zero-order valence-electron chi connectivity index (χ0n) is 9.18. The van der Waals surface area contributed by atoms with E-state index >= 15 is 0 Å². The maximum Gasteiger partial charge on any atom is 0.411 e. The molecule has 2 nitrogen and oxygen atoms in total. The van der Waals surface area contributed by atoms with E-state index in [0.29, 0.717) is 11.4 Å². The second-order valence-corrected chi connectivity index (χ2v) is 4.92. The quantitative estimate of drug-likeness (QED) is 0.868. The summed E-state index contributed by atoms with van der Waals surface area (Å²) in [5.74, 6) is 0. The fourth-order valence-electron chi connectivity index (χ4n) is 1.26. The summed E-state index contributed by atoms with van der Waals surface area (Å²) in [6.45, 7) is -1.21. The van der Waals surface area contributed by atoms with E-state index in [0.717, 1.165) is 4.88 Å². The third-order valence-corrected chi connectivity index (χ3v) is 3.53. The summed E-state index contributed by atoms with van der Waals surface area (Å²) in [4.78, 5) is 0.946. The summed E-state index contributed by atoms with van der Waals surface area (Å²) in [6.07, 6.45) is -3.72. The van der Waals surface area contributed by atoms with Gasteiger partial charge in [-0.25, -0.2) is 0 Å². The minimum Gasteiger partial charge on any atom is -0.370 e. The maximum atomic E-state index is 11.9. The highest BCUT2D eigenvalue weighted by atomic mass is 35.5. The average molecular weight is 288 g/mol. The Labute approximate surface area is 107 Å². The Morgan fingerprint density at radius 2 is 2.24 bits per heavy atom. The van der Waals surface area contributed by atoms with Gasteiger partial charge >= 0.3 is 6.18 Å². The van der Waals surface area contributed by atoms with E-state index in [2.05, 4.69) is 10.1 Å². The lowest BCUT2D eigenvalue weighted by Gasteiger charge is -2.16. The Morgan fingerprint density at radius 3 is 2.71 bits per heavy atom. The summed E-state index contributed by atoms with van der Waals surface area (Å²) >= 11 is 7.39. The van der Waals surface area contributed by atoms with Crippen molar-refractivity contribution >= 4 is 22.9 Å². The van der Waals surface area contributed by atoms with Crippen molar-refractivity contribution in [2.45, 2.75) is 18.6 Å². The summed E-state index contributed by atoms with van der Waals surface area (Å²) in [6, 6.07) is 1.60. The van der Waals surface area contributed by atoms with Crippen LogP contribution < -0.4 is 5.32 Å². The normalized spacial score (nSPS) is 13.9. The van der Waals surface area contributed by atoms with E-state index < -0.39 is 12.8 Å². The Kier molecular flexibility index (Phi) is 5.72. The molecule has 0 aromatic carbocycles. The Hall–Kier alpha value is -0.300. The van der Waals surface area contributed by atoms with Crippen LogP contribution in [0.3, 0.4) is 0 Å². The minimum absolute atomic E-state index is 0.00421. The molecule has 7 heteroatoms. The van der Waals surface area contributed by atoms with Gasteiger partial charge in [0.1, 0.15) is 6.61 Å². The fourth-order valence-corrected chi connectivity index (χ4v) is 2.45. The molecule has 1 atom stereocenters. The van der Waals surface area contributed by atoms with Gasteiger partial charge in [-0.2, -0.15) is 13.2 Å². The largest absolute Gasteiger partial charge is 0.411 e. The van der Waals surface area contributed by atoms with Gasteiger partial charge in [0.2, 0.25) is 0 Å². The molecule has 0 aliphatic rings. The third-order valence-electron chi connectivity index (χ3n) is 2.12. The molecule has 0 saturated heterocycles. The molecule has 1 rings (SSSR count). The molecule has 0 spiro atoms. The van der Waals surface area contributed by atoms with E-state index in [4.69, 9.17) is 11.6 Å². The molecule has 0 bridgehead atoms. The molecule has 1 unspecified atom stereocenters. The van der Waals surface area contributed by atoms with Crippen molar-refractivity contribution in [3.63, 3.8) is 0 Å². The van der Waals surface area contributed by atoms with Gasteiger partial charge < -0.3 is 10.1 Å². The van der Waals surface area contributed by atoms with Gasteiger partial charge in [-0.3, -0.25) is 0 Å². The van der Waals surface area contributed by atoms with Crippen LogP contribution in [0.15, 0.2) is 11.4 Å². The van der Waals surface area contributed by atoms with Gasteiger partial charge in [0.25, 0.3) is 0 Å². The van der Waals surface area contributed by atoms with Crippen molar-refractivity contribution in [3.05, 3.63) is 21.3 Å². The number of hydrogen-bond acceptors (Lipinski definition) is 3. The van der Waals surface area contributed by atoms with Crippen LogP contribution in [0.4, 0.5) is 13.2 Å². The molecule has 98 valence electrons. The topological polar surface area (TPSA) is 21.3 Å². The van der Waals surface area contributed by atoms with Crippen LogP contribution >= 0.6 is 22.9 Å². The number of alkyl halides is 3. The number of nitrogens with one attached hydrogen (secondary N) is 1. The predicted octanol–water partition coefficient (Wildman–Crippen LogP) is 3.11. The monoisotopic (exact) mass is 287 g/mol. The number of likely N-dealkylation sites (N-methyl/N-ethyl adjacent to an activating group) is 1. The van der Waals surface area contributed by atoms with Gasteiger partial charge in [-0.05, 0) is 18.5 Å². The Balaban J connectivity index is 2.37. The van der Waals surface area contributed by atoms with E-state index in [1.54, 1.807) is 13.1 Å². The van der Waals surface area contributed by atoms with Crippen LogP contribution in [0.1, 0.15) is 4.88 Å². The van der Waals surface area contributed by atoms with Crippen molar-refractivity contribution in [1.82, 2.24) is 5.32 Å². The van der Waals surface area contributed by atoms with E-state index in [1.165, 1.54) is 11.3 Å². The molecule has 1 heterocycles. The molecule has 1 aromatic rings. The van der Waals surface area contributed by atoms with Crippen LogP contribution in [0, 0.1) is 0 Å². The lowest BCUT2D eigenvalue weighted by Crippen LogP contribution is -2.34. The lowest BCUT2D eigenvalue weighted by atomic mass is 10.2. The molecule has 17 heavy (non-hydrogen) atoms. The first-order valence-corrected chi connectivity index (χ1v) is 6.22. The molecule has 1 aromatic heterocycles. The lowest BCUT2D eigenvalue weighted by molar-refractivity contribution is -0.175. The highest BCUT2D eigenvalue weighted by molar-refractivity contribution is 7.10. The van der Waals surface area contributed by atoms with Crippen LogP contribution in [-0.2, 0) is 11.2 Å². The molecule has 0 aliphatic heterocycles. The standard InChI is InChI=1S/C10H13ClF3NOS/c1-15-7(5-16-6-10(12,13)14)4-9-8(11)2-3-17-9/h2-3,7,15H,4-6H2,1H3. The van der Waals surface area contributed by atoms with Crippen molar-refractivity contribution in [3.8, 4) is 0 Å². The third kappa shape index (κ3) is 5.72. The van der Waals surface area contributed by atoms with Crippen LogP contribution in [0.25, 0.3) is 0 Å². The number of hydrogen-bond donors (Lipinski definition) is 1. The molecular weight excluding hydrogens is 275 g/mol. The van der Waals surface area contributed by atoms with Gasteiger partial charge in [-0.1, -0.05) is 11.6 Å². The molecular formula is C10H13ClF3NOS. The minimum atomic E-state index is -4.28. The molecule has 0 radical (unpaired) electrons. The summed E-state index contributed by atoms with van der Waals surface area (Å²) < 4.78 is 40.3.